The first-order valence-electron chi connectivity index (χ1n) is 7.38. The zero-order valence-electron chi connectivity index (χ0n) is 12.7. The Labute approximate surface area is 117 Å². The second kappa shape index (κ2) is 6.29. The Morgan fingerprint density at radius 3 is 2.84 bits per heavy atom. The highest BCUT2D eigenvalue weighted by molar-refractivity contribution is 5.63. The fourth-order valence-electron chi connectivity index (χ4n) is 2.79. The molecule has 0 amide bonds. The molecule has 0 radical (unpaired) electrons. The van der Waals surface area contributed by atoms with Gasteiger partial charge >= 0.3 is 0 Å². The summed E-state index contributed by atoms with van der Waals surface area (Å²) in [5, 5.41) is 3.63. The molecule has 1 unspecified atom stereocenters. The number of rotatable bonds is 5. The first-order valence-corrected chi connectivity index (χ1v) is 7.38. The third-order valence-electron chi connectivity index (χ3n) is 3.91. The van der Waals surface area contributed by atoms with Crippen LogP contribution in [0, 0.1) is 6.92 Å². The van der Waals surface area contributed by atoms with E-state index in [9.17, 15) is 0 Å². The van der Waals surface area contributed by atoms with Crippen molar-refractivity contribution in [3.05, 3.63) is 23.8 Å². The van der Waals surface area contributed by atoms with Crippen LogP contribution in [0.3, 0.4) is 0 Å². The lowest BCUT2D eigenvalue weighted by Gasteiger charge is -2.23. The van der Waals surface area contributed by atoms with Crippen LogP contribution in [0.2, 0.25) is 0 Å². The molecule has 1 heterocycles. The van der Waals surface area contributed by atoms with Crippen LogP contribution in [0.1, 0.15) is 25.3 Å². The van der Waals surface area contributed by atoms with Gasteiger partial charge in [-0.05, 0) is 44.0 Å². The van der Waals surface area contributed by atoms with Gasteiger partial charge in [0.2, 0.25) is 0 Å². The van der Waals surface area contributed by atoms with Crippen molar-refractivity contribution in [2.45, 2.75) is 32.7 Å². The lowest BCUT2D eigenvalue weighted by atomic mass is 10.1. The minimum atomic E-state index is 0.657. The standard InChI is InChI=1S/C16H27N3/c1-5-9-17-14-8-10-19(12-14)15-7-6-13(2)16(11-15)18(3)4/h6-7,11,14,17H,5,8-10,12H2,1-4H3. The van der Waals surface area contributed by atoms with Gasteiger partial charge in [0.25, 0.3) is 0 Å². The lowest BCUT2D eigenvalue weighted by Crippen LogP contribution is -2.33. The summed E-state index contributed by atoms with van der Waals surface area (Å²) in [5.74, 6) is 0. The second-order valence-corrected chi connectivity index (χ2v) is 5.75. The van der Waals surface area contributed by atoms with Crippen molar-refractivity contribution in [1.29, 1.82) is 0 Å². The summed E-state index contributed by atoms with van der Waals surface area (Å²) in [6.07, 6.45) is 2.47. The van der Waals surface area contributed by atoms with Crippen molar-refractivity contribution in [1.82, 2.24) is 5.32 Å². The highest BCUT2D eigenvalue weighted by atomic mass is 15.2. The van der Waals surface area contributed by atoms with E-state index >= 15 is 0 Å². The first-order chi connectivity index (χ1) is 9.11. The fraction of sp³-hybridized carbons (Fsp3) is 0.625. The summed E-state index contributed by atoms with van der Waals surface area (Å²) in [7, 11) is 4.23. The molecule has 3 heteroatoms. The van der Waals surface area contributed by atoms with Gasteiger partial charge in [-0.1, -0.05) is 13.0 Å². The molecule has 1 aromatic rings. The molecule has 0 aliphatic carbocycles. The van der Waals surface area contributed by atoms with Gasteiger partial charge in [-0.2, -0.15) is 0 Å². The van der Waals surface area contributed by atoms with Crippen LogP contribution in [-0.2, 0) is 0 Å². The van der Waals surface area contributed by atoms with Crippen LogP contribution in [0.25, 0.3) is 0 Å². The summed E-state index contributed by atoms with van der Waals surface area (Å²) in [6, 6.07) is 7.46. The van der Waals surface area contributed by atoms with Gasteiger partial charge in [-0.15, -0.1) is 0 Å². The van der Waals surface area contributed by atoms with Gasteiger partial charge < -0.3 is 15.1 Å². The van der Waals surface area contributed by atoms with Gasteiger partial charge in [0.05, 0.1) is 0 Å². The highest BCUT2D eigenvalue weighted by Crippen LogP contribution is 2.27. The monoisotopic (exact) mass is 261 g/mol. The van der Waals surface area contributed by atoms with Crippen LogP contribution >= 0.6 is 0 Å². The Hall–Kier alpha value is -1.22. The maximum absolute atomic E-state index is 3.63. The highest BCUT2D eigenvalue weighted by Gasteiger charge is 2.22. The molecule has 1 saturated heterocycles. The maximum atomic E-state index is 3.63. The Balaban J connectivity index is 2.05. The maximum Gasteiger partial charge on any atom is 0.0411 e. The van der Waals surface area contributed by atoms with E-state index in [0.717, 1.165) is 19.6 Å². The van der Waals surface area contributed by atoms with E-state index in [1.54, 1.807) is 0 Å². The largest absolute Gasteiger partial charge is 0.377 e. The van der Waals surface area contributed by atoms with Crippen LogP contribution in [0.5, 0.6) is 0 Å². The van der Waals surface area contributed by atoms with Crippen LogP contribution in [0.15, 0.2) is 18.2 Å². The van der Waals surface area contributed by atoms with Gasteiger partial charge in [0, 0.05) is 44.6 Å². The molecule has 2 rings (SSSR count). The molecule has 1 atom stereocenters. The van der Waals surface area contributed by atoms with E-state index in [1.165, 1.54) is 29.8 Å². The molecule has 0 aromatic heterocycles. The van der Waals surface area contributed by atoms with Crippen molar-refractivity contribution in [3.8, 4) is 0 Å². The summed E-state index contributed by atoms with van der Waals surface area (Å²) in [4.78, 5) is 4.70. The molecule has 1 aromatic carbocycles. The zero-order chi connectivity index (χ0) is 13.8. The molecular formula is C16H27N3. The minimum absolute atomic E-state index is 0.657. The predicted octanol–water partition coefficient (Wildman–Crippen LogP) is 2.64. The van der Waals surface area contributed by atoms with E-state index in [1.807, 2.05) is 0 Å². The first kappa shape index (κ1) is 14.2. The van der Waals surface area contributed by atoms with Crippen molar-refractivity contribution in [3.63, 3.8) is 0 Å². The van der Waals surface area contributed by atoms with Crippen molar-refractivity contribution < 1.29 is 0 Å². The number of anilines is 2. The zero-order valence-corrected chi connectivity index (χ0v) is 12.7. The van der Waals surface area contributed by atoms with Crippen LogP contribution < -0.4 is 15.1 Å². The number of hydrogen-bond donors (Lipinski definition) is 1. The van der Waals surface area contributed by atoms with Gasteiger partial charge in [-0.3, -0.25) is 0 Å². The lowest BCUT2D eigenvalue weighted by molar-refractivity contribution is 0.549. The molecule has 1 aliphatic rings. The molecule has 1 aliphatic heterocycles. The predicted molar refractivity (Wildman–Crippen MR) is 84.4 cm³/mol. The Kier molecular flexibility index (Phi) is 4.70. The quantitative estimate of drug-likeness (QED) is 0.879. The van der Waals surface area contributed by atoms with Crippen molar-refractivity contribution in [2.75, 3.05) is 43.5 Å². The topological polar surface area (TPSA) is 18.5 Å². The second-order valence-electron chi connectivity index (χ2n) is 5.75. The molecular weight excluding hydrogens is 234 g/mol. The molecule has 0 saturated carbocycles. The summed E-state index contributed by atoms with van der Waals surface area (Å²) >= 11 is 0. The third kappa shape index (κ3) is 3.41. The Morgan fingerprint density at radius 2 is 2.16 bits per heavy atom. The van der Waals surface area contributed by atoms with E-state index < -0.39 is 0 Å². The Bertz CT molecular complexity index is 414. The Morgan fingerprint density at radius 1 is 1.37 bits per heavy atom. The normalized spacial score (nSPS) is 18.9. The van der Waals surface area contributed by atoms with E-state index in [-0.39, 0.29) is 0 Å². The van der Waals surface area contributed by atoms with Crippen molar-refractivity contribution >= 4 is 11.4 Å². The van der Waals surface area contributed by atoms with Crippen molar-refractivity contribution in [2.24, 2.45) is 0 Å². The number of nitrogens with zero attached hydrogens (tertiary/aromatic N) is 2. The van der Waals surface area contributed by atoms with Gasteiger partial charge in [-0.25, -0.2) is 0 Å². The van der Waals surface area contributed by atoms with Gasteiger partial charge in [0.1, 0.15) is 0 Å². The summed E-state index contributed by atoms with van der Waals surface area (Å²) in [6.45, 7) is 7.83. The van der Waals surface area contributed by atoms with E-state index in [4.69, 9.17) is 0 Å². The number of nitrogens with one attached hydrogen (secondary N) is 1. The fourth-order valence-corrected chi connectivity index (χ4v) is 2.79. The smallest absolute Gasteiger partial charge is 0.0411 e. The van der Waals surface area contributed by atoms with Crippen LogP contribution in [0.4, 0.5) is 11.4 Å². The molecule has 3 nitrogen and oxygen atoms in total. The van der Waals surface area contributed by atoms with E-state index in [2.05, 4.69) is 61.3 Å². The molecule has 0 bridgehead atoms. The molecule has 19 heavy (non-hydrogen) atoms. The van der Waals surface area contributed by atoms with Crippen LogP contribution in [-0.4, -0.2) is 39.8 Å². The molecule has 106 valence electrons. The number of hydrogen-bond acceptors (Lipinski definition) is 3. The molecule has 0 spiro atoms. The van der Waals surface area contributed by atoms with E-state index in [0.29, 0.717) is 6.04 Å². The summed E-state index contributed by atoms with van der Waals surface area (Å²) < 4.78 is 0. The average Bonchev–Trinajstić information content (AvgIpc) is 2.85. The average molecular weight is 261 g/mol. The molecule has 1 fully saturated rings. The number of benzene rings is 1. The summed E-state index contributed by atoms with van der Waals surface area (Å²) in [5.41, 5.74) is 4.02. The number of aryl methyl sites for hydroxylation is 1. The SMILES string of the molecule is CCCNC1CCN(c2ccc(C)c(N(C)C)c2)C1. The minimum Gasteiger partial charge on any atom is -0.377 e. The third-order valence-corrected chi connectivity index (χ3v) is 3.91. The molecule has 1 N–H and O–H groups in total. The van der Waals surface area contributed by atoms with Gasteiger partial charge in [0.15, 0.2) is 0 Å².